The number of hydrogen-bond donors (Lipinski definition) is 1. The van der Waals surface area contributed by atoms with Gasteiger partial charge in [-0.2, -0.15) is 4.52 Å². The molecule has 110 valence electrons. The van der Waals surface area contributed by atoms with Crippen molar-refractivity contribution in [2.24, 2.45) is 0 Å². The van der Waals surface area contributed by atoms with E-state index >= 15 is 0 Å². The monoisotopic (exact) mass is 309 g/mol. The molecule has 0 aliphatic carbocycles. The van der Waals surface area contributed by atoms with E-state index in [1.54, 1.807) is 23.5 Å². The Hall–Kier alpha value is -2.09. The second-order valence-electron chi connectivity index (χ2n) is 4.47. The normalized spacial score (nSPS) is 13.0. The van der Waals surface area contributed by atoms with Crippen LogP contribution in [0.25, 0.3) is 5.65 Å². The van der Waals surface area contributed by atoms with E-state index in [0.29, 0.717) is 11.5 Å². The van der Waals surface area contributed by atoms with Gasteiger partial charge < -0.3 is 5.32 Å². The van der Waals surface area contributed by atoms with Crippen LogP contribution in [0.15, 0.2) is 29.6 Å². The fraction of sp³-hybridized carbons (Fsp3) is 0.308. The molecule has 8 heteroatoms. The van der Waals surface area contributed by atoms with Crippen LogP contribution >= 0.6 is 11.3 Å². The molecule has 3 aromatic rings. The van der Waals surface area contributed by atoms with Crippen LogP contribution in [-0.4, -0.2) is 19.8 Å². The van der Waals surface area contributed by atoms with E-state index in [9.17, 15) is 8.78 Å². The Balaban J connectivity index is 1.91. The smallest absolute Gasteiger partial charge is 0.299 e. The molecule has 3 aromatic heterocycles. The Labute approximate surface area is 123 Å². The predicted molar refractivity (Wildman–Crippen MR) is 76.7 cm³/mol. The van der Waals surface area contributed by atoms with Crippen LogP contribution in [0.3, 0.4) is 0 Å². The maximum absolute atomic E-state index is 12.8. The zero-order valence-electron chi connectivity index (χ0n) is 11.2. The summed E-state index contributed by atoms with van der Waals surface area (Å²) in [5.41, 5.74) is 0.306. The van der Waals surface area contributed by atoms with Gasteiger partial charge >= 0.3 is 0 Å². The van der Waals surface area contributed by atoms with Crippen molar-refractivity contribution in [1.29, 1.82) is 0 Å². The summed E-state index contributed by atoms with van der Waals surface area (Å²) in [6.45, 7) is 2.05. The first kappa shape index (κ1) is 13.9. The Morgan fingerprint density at radius 3 is 2.81 bits per heavy atom. The number of rotatable bonds is 5. The van der Waals surface area contributed by atoms with E-state index in [0.717, 1.165) is 10.9 Å². The van der Waals surface area contributed by atoms with Gasteiger partial charge in [-0.25, -0.2) is 8.78 Å². The van der Waals surface area contributed by atoms with Crippen LogP contribution in [-0.2, 0) is 0 Å². The largest absolute Gasteiger partial charge is 0.361 e. The van der Waals surface area contributed by atoms with Crippen LogP contribution in [0.5, 0.6) is 0 Å². The lowest BCUT2D eigenvalue weighted by molar-refractivity contribution is 0.137. The average Bonchev–Trinajstić information content (AvgIpc) is 3.13. The minimum absolute atomic E-state index is 0.0985. The van der Waals surface area contributed by atoms with E-state index in [2.05, 4.69) is 27.5 Å². The number of hydrogen-bond acceptors (Lipinski definition) is 5. The van der Waals surface area contributed by atoms with Crippen molar-refractivity contribution in [3.05, 3.63) is 40.3 Å². The highest BCUT2D eigenvalue weighted by Gasteiger charge is 2.18. The number of halogens is 2. The fourth-order valence-corrected chi connectivity index (χ4v) is 2.92. The number of thiophene rings is 1. The van der Waals surface area contributed by atoms with Gasteiger partial charge in [0, 0.05) is 4.88 Å². The quantitative estimate of drug-likeness (QED) is 0.781. The Morgan fingerprint density at radius 2 is 2.14 bits per heavy atom. The van der Waals surface area contributed by atoms with E-state index < -0.39 is 12.2 Å². The van der Waals surface area contributed by atoms with E-state index in [-0.39, 0.29) is 6.04 Å². The zero-order valence-corrected chi connectivity index (χ0v) is 12.0. The highest BCUT2D eigenvalue weighted by molar-refractivity contribution is 7.10. The maximum Gasteiger partial charge on any atom is 0.299 e. The Bertz CT molecular complexity index is 725. The zero-order chi connectivity index (χ0) is 14.8. The first-order valence-electron chi connectivity index (χ1n) is 6.49. The lowest BCUT2D eigenvalue weighted by Gasteiger charge is -2.16. The topological polar surface area (TPSA) is 55.1 Å². The van der Waals surface area contributed by atoms with Gasteiger partial charge in [0.05, 0.1) is 6.04 Å². The molecule has 0 aliphatic rings. The number of nitrogens with zero attached hydrogens (tertiary/aromatic N) is 4. The summed E-state index contributed by atoms with van der Waals surface area (Å²) in [6, 6.07) is 7.45. The molecule has 5 nitrogen and oxygen atoms in total. The van der Waals surface area contributed by atoms with Crippen LogP contribution in [0, 0.1) is 0 Å². The molecule has 0 aromatic carbocycles. The highest BCUT2D eigenvalue weighted by atomic mass is 32.1. The summed E-state index contributed by atoms with van der Waals surface area (Å²) >= 11 is 1.65. The minimum Gasteiger partial charge on any atom is -0.361 e. The molecule has 1 atom stereocenters. The number of fused-ring (bicyclic) bond motifs is 1. The SMILES string of the molecule is CCC(Nc1ccc2nnc(C(F)F)n2n1)c1cccs1. The molecule has 0 saturated heterocycles. The summed E-state index contributed by atoms with van der Waals surface area (Å²) in [5.74, 6) is 0.0715. The third-order valence-corrected chi connectivity index (χ3v) is 4.09. The molecule has 0 amide bonds. The molecule has 3 rings (SSSR count). The predicted octanol–water partition coefficient (Wildman–Crippen LogP) is 3.69. The fourth-order valence-electron chi connectivity index (χ4n) is 2.06. The van der Waals surface area contributed by atoms with Crippen LogP contribution in [0.2, 0.25) is 0 Å². The molecule has 21 heavy (non-hydrogen) atoms. The first-order valence-corrected chi connectivity index (χ1v) is 7.37. The summed E-state index contributed by atoms with van der Waals surface area (Å²) in [6.07, 6.45) is -1.84. The molecular formula is C13H13F2N5S. The van der Waals surface area contributed by atoms with Crippen LogP contribution in [0.4, 0.5) is 14.6 Å². The minimum atomic E-state index is -2.71. The molecule has 0 radical (unpaired) electrons. The van der Waals surface area contributed by atoms with Gasteiger partial charge in [0.25, 0.3) is 6.43 Å². The third-order valence-electron chi connectivity index (χ3n) is 3.10. The molecule has 0 spiro atoms. The highest BCUT2D eigenvalue weighted by Crippen LogP contribution is 2.25. The van der Waals surface area contributed by atoms with Crippen molar-refractivity contribution in [3.8, 4) is 0 Å². The lowest BCUT2D eigenvalue weighted by atomic mass is 10.2. The molecule has 0 bridgehead atoms. The van der Waals surface area contributed by atoms with Crippen molar-refractivity contribution in [3.63, 3.8) is 0 Å². The second-order valence-corrected chi connectivity index (χ2v) is 5.45. The number of nitrogens with one attached hydrogen (secondary N) is 1. The standard InChI is InChI=1S/C13H13F2N5S/c1-2-8(9-4-3-7-21-9)16-10-5-6-11-17-18-13(12(14)15)20(11)19-10/h3-8,12H,2H2,1H3,(H,16,19). The van der Waals surface area contributed by atoms with Gasteiger partial charge in [-0.3, -0.25) is 0 Å². The third kappa shape index (κ3) is 2.71. The lowest BCUT2D eigenvalue weighted by Crippen LogP contribution is -2.11. The van der Waals surface area contributed by atoms with Crippen LogP contribution < -0.4 is 5.32 Å². The molecule has 1 unspecified atom stereocenters. The molecule has 0 fully saturated rings. The van der Waals surface area contributed by atoms with Gasteiger partial charge in [0.15, 0.2) is 5.65 Å². The van der Waals surface area contributed by atoms with Gasteiger partial charge in [-0.15, -0.1) is 26.6 Å². The molecule has 1 N–H and O–H groups in total. The Kier molecular flexibility index (Phi) is 3.78. The van der Waals surface area contributed by atoms with Crippen molar-refractivity contribution in [2.75, 3.05) is 5.32 Å². The van der Waals surface area contributed by atoms with Crippen molar-refractivity contribution in [2.45, 2.75) is 25.8 Å². The van der Waals surface area contributed by atoms with Crippen LogP contribution in [0.1, 0.15) is 36.5 Å². The summed E-state index contributed by atoms with van der Waals surface area (Å²) in [5, 5.41) is 16.6. The Morgan fingerprint density at radius 1 is 1.29 bits per heavy atom. The van der Waals surface area contributed by atoms with Gasteiger partial charge in [0.2, 0.25) is 5.82 Å². The van der Waals surface area contributed by atoms with E-state index in [1.807, 2.05) is 17.5 Å². The first-order chi connectivity index (χ1) is 10.2. The maximum atomic E-state index is 12.8. The molecule has 0 aliphatic heterocycles. The van der Waals surface area contributed by atoms with Gasteiger partial charge in [-0.05, 0) is 30.0 Å². The van der Waals surface area contributed by atoms with Crippen molar-refractivity contribution >= 4 is 22.8 Å². The second kappa shape index (κ2) is 5.72. The molecule has 0 saturated carbocycles. The van der Waals surface area contributed by atoms with E-state index in [4.69, 9.17) is 0 Å². The molecule has 3 heterocycles. The number of anilines is 1. The summed E-state index contributed by atoms with van der Waals surface area (Å²) < 4.78 is 26.7. The van der Waals surface area contributed by atoms with Gasteiger partial charge in [0.1, 0.15) is 5.82 Å². The summed E-state index contributed by atoms with van der Waals surface area (Å²) in [7, 11) is 0. The number of alkyl halides is 2. The average molecular weight is 309 g/mol. The van der Waals surface area contributed by atoms with E-state index in [1.165, 1.54) is 4.88 Å². The summed E-state index contributed by atoms with van der Waals surface area (Å²) in [4.78, 5) is 1.18. The van der Waals surface area contributed by atoms with Crippen molar-refractivity contribution < 1.29 is 8.78 Å². The van der Waals surface area contributed by atoms with Gasteiger partial charge in [-0.1, -0.05) is 13.0 Å². The van der Waals surface area contributed by atoms with Crippen molar-refractivity contribution in [1.82, 2.24) is 19.8 Å². The molecular weight excluding hydrogens is 296 g/mol. The number of aromatic nitrogens is 4.